The first-order valence-electron chi connectivity index (χ1n) is 10.9. The first-order valence-corrected chi connectivity index (χ1v) is 10.9. The zero-order valence-corrected chi connectivity index (χ0v) is 19.8. The van der Waals surface area contributed by atoms with E-state index in [0.717, 1.165) is 5.69 Å². The van der Waals surface area contributed by atoms with Crippen LogP contribution < -0.4 is 0 Å². The third-order valence-electron chi connectivity index (χ3n) is 5.31. The standard InChI is InChI=1S/C23H38N2O5/c1-9-24-17(7)19(16(6)20(24)23(28)30-11-3)21(26)18(8)25(22(27)15(4)5)13-12-14-29-10-2/h15,18H,9-14H2,1-8H3. The minimum Gasteiger partial charge on any atom is -0.461 e. The summed E-state index contributed by atoms with van der Waals surface area (Å²) in [6.07, 6.45) is 0.659. The molecule has 170 valence electrons. The van der Waals surface area contributed by atoms with Crippen molar-refractivity contribution < 1.29 is 23.9 Å². The lowest BCUT2D eigenvalue weighted by atomic mass is 9.98. The van der Waals surface area contributed by atoms with E-state index in [1.54, 1.807) is 25.7 Å². The van der Waals surface area contributed by atoms with Crippen molar-refractivity contribution in [2.45, 2.75) is 74.4 Å². The van der Waals surface area contributed by atoms with Crippen LogP contribution in [0.4, 0.5) is 0 Å². The van der Waals surface area contributed by atoms with Crippen molar-refractivity contribution in [1.82, 2.24) is 9.47 Å². The summed E-state index contributed by atoms with van der Waals surface area (Å²) in [5, 5.41) is 0. The number of aromatic nitrogens is 1. The maximum absolute atomic E-state index is 13.5. The average Bonchev–Trinajstić information content (AvgIpc) is 2.96. The Labute approximate surface area is 180 Å². The van der Waals surface area contributed by atoms with Gasteiger partial charge in [0.1, 0.15) is 5.69 Å². The van der Waals surface area contributed by atoms with Gasteiger partial charge in [0.25, 0.3) is 0 Å². The lowest BCUT2D eigenvalue weighted by Crippen LogP contribution is -2.46. The van der Waals surface area contributed by atoms with Crippen molar-refractivity contribution in [2.24, 2.45) is 5.92 Å². The van der Waals surface area contributed by atoms with Crippen LogP contribution in [0.2, 0.25) is 0 Å². The molecule has 1 aromatic rings. The molecule has 0 fully saturated rings. The molecule has 0 bridgehead atoms. The predicted octanol–water partition coefficient (Wildman–Crippen LogP) is 3.78. The van der Waals surface area contributed by atoms with Gasteiger partial charge in [-0.25, -0.2) is 4.79 Å². The van der Waals surface area contributed by atoms with Crippen LogP contribution in [-0.4, -0.2) is 59.5 Å². The van der Waals surface area contributed by atoms with Gasteiger partial charge in [0.05, 0.1) is 12.6 Å². The molecule has 7 heteroatoms. The summed E-state index contributed by atoms with van der Waals surface area (Å²) in [7, 11) is 0. The van der Waals surface area contributed by atoms with E-state index in [1.165, 1.54) is 0 Å². The largest absolute Gasteiger partial charge is 0.461 e. The number of hydrogen-bond donors (Lipinski definition) is 0. The van der Waals surface area contributed by atoms with E-state index in [9.17, 15) is 14.4 Å². The Bertz CT molecular complexity index is 751. The Morgan fingerprint density at radius 2 is 1.67 bits per heavy atom. The molecule has 1 rings (SSSR count). The number of carbonyl (C=O) groups is 3. The van der Waals surface area contributed by atoms with Crippen LogP contribution in [0.1, 0.15) is 80.1 Å². The average molecular weight is 423 g/mol. The van der Waals surface area contributed by atoms with Crippen LogP contribution in [0.25, 0.3) is 0 Å². The fourth-order valence-electron chi connectivity index (χ4n) is 3.77. The molecule has 0 saturated heterocycles. The van der Waals surface area contributed by atoms with Gasteiger partial charge < -0.3 is 18.9 Å². The first-order chi connectivity index (χ1) is 14.1. The Morgan fingerprint density at radius 1 is 1.03 bits per heavy atom. The van der Waals surface area contributed by atoms with Crippen molar-refractivity contribution >= 4 is 17.7 Å². The monoisotopic (exact) mass is 422 g/mol. The van der Waals surface area contributed by atoms with Gasteiger partial charge in [-0.2, -0.15) is 0 Å². The smallest absolute Gasteiger partial charge is 0.355 e. The van der Waals surface area contributed by atoms with E-state index < -0.39 is 12.0 Å². The number of ether oxygens (including phenoxy) is 2. The van der Waals surface area contributed by atoms with E-state index in [1.807, 2.05) is 39.2 Å². The van der Waals surface area contributed by atoms with Crippen molar-refractivity contribution in [3.05, 3.63) is 22.5 Å². The van der Waals surface area contributed by atoms with Crippen LogP contribution in [0.5, 0.6) is 0 Å². The summed E-state index contributed by atoms with van der Waals surface area (Å²) >= 11 is 0. The summed E-state index contributed by atoms with van der Waals surface area (Å²) in [6, 6.07) is -0.637. The summed E-state index contributed by atoms with van der Waals surface area (Å²) < 4.78 is 12.4. The molecule has 1 heterocycles. The molecule has 0 radical (unpaired) electrons. The summed E-state index contributed by atoms with van der Waals surface area (Å²) in [5.41, 5.74) is 2.24. The van der Waals surface area contributed by atoms with Gasteiger partial charge in [0, 0.05) is 43.5 Å². The van der Waals surface area contributed by atoms with E-state index in [4.69, 9.17) is 9.47 Å². The highest BCUT2D eigenvalue weighted by atomic mass is 16.5. The minimum atomic E-state index is -0.637. The Kier molecular flexibility index (Phi) is 10.3. The van der Waals surface area contributed by atoms with Gasteiger partial charge in [0.15, 0.2) is 5.78 Å². The summed E-state index contributed by atoms with van der Waals surface area (Å²) in [4.78, 5) is 40.5. The molecule has 0 spiro atoms. The number of carbonyl (C=O) groups excluding carboxylic acids is 3. The second-order valence-corrected chi connectivity index (χ2v) is 7.68. The Hall–Kier alpha value is -2.15. The molecular weight excluding hydrogens is 384 g/mol. The lowest BCUT2D eigenvalue weighted by molar-refractivity contribution is -0.136. The topological polar surface area (TPSA) is 77.8 Å². The molecule has 1 unspecified atom stereocenters. The molecule has 1 aromatic heterocycles. The third kappa shape index (κ3) is 5.72. The highest BCUT2D eigenvalue weighted by Gasteiger charge is 2.33. The van der Waals surface area contributed by atoms with Gasteiger partial charge in [0.2, 0.25) is 5.91 Å². The van der Waals surface area contributed by atoms with Crippen LogP contribution in [0.3, 0.4) is 0 Å². The number of rotatable bonds is 12. The van der Waals surface area contributed by atoms with Crippen molar-refractivity contribution in [3.63, 3.8) is 0 Å². The van der Waals surface area contributed by atoms with Crippen LogP contribution in [0, 0.1) is 19.8 Å². The molecule has 0 aromatic carbocycles. The van der Waals surface area contributed by atoms with Crippen molar-refractivity contribution in [1.29, 1.82) is 0 Å². The Morgan fingerprint density at radius 3 is 2.17 bits per heavy atom. The summed E-state index contributed by atoms with van der Waals surface area (Å²) in [6.45, 7) is 17.1. The molecule has 0 aliphatic carbocycles. The molecule has 0 aliphatic heterocycles. The normalized spacial score (nSPS) is 12.2. The number of esters is 1. The van der Waals surface area contributed by atoms with Gasteiger partial charge in [-0.1, -0.05) is 13.8 Å². The van der Waals surface area contributed by atoms with Crippen molar-refractivity contribution in [2.75, 3.05) is 26.4 Å². The second kappa shape index (κ2) is 11.9. The fraction of sp³-hybridized carbons (Fsp3) is 0.696. The van der Waals surface area contributed by atoms with Crippen molar-refractivity contribution in [3.8, 4) is 0 Å². The first kappa shape index (κ1) is 25.9. The zero-order valence-electron chi connectivity index (χ0n) is 19.8. The van der Waals surface area contributed by atoms with Crippen LogP contribution in [-0.2, 0) is 20.8 Å². The van der Waals surface area contributed by atoms with E-state index in [-0.39, 0.29) is 24.2 Å². The number of hydrogen-bond acceptors (Lipinski definition) is 5. The van der Waals surface area contributed by atoms with Gasteiger partial charge in [-0.15, -0.1) is 0 Å². The highest BCUT2D eigenvalue weighted by Crippen LogP contribution is 2.26. The van der Waals surface area contributed by atoms with E-state index in [2.05, 4.69) is 0 Å². The number of Topliss-reactive ketones (excluding diaryl/α,β-unsaturated/α-hetero) is 1. The van der Waals surface area contributed by atoms with Gasteiger partial charge in [-0.05, 0) is 53.5 Å². The molecule has 30 heavy (non-hydrogen) atoms. The maximum Gasteiger partial charge on any atom is 0.355 e. The third-order valence-corrected chi connectivity index (χ3v) is 5.31. The van der Waals surface area contributed by atoms with E-state index in [0.29, 0.717) is 49.5 Å². The van der Waals surface area contributed by atoms with Crippen LogP contribution >= 0.6 is 0 Å². The molecule has 0 N–H and O–H groups in total. The number of nitrogens with zero attached hydrogens (tertiary/aromatic N) is 2. The lowest BCUT2D eigenvalue weighted by Gasteiger charge is -2.30. The van der Waals surface area contributed by atoms with E-state index >= 15 is 0 Å². The highest BCUT2D eigenvalue weighted by molar-refractivity contribution is 6.06. The maximum atomic E-state index is 13.5. The SMILES string of the molecule is CCOCCCN(C(=O)C(C)C)C(C)C(=O)c1c(C)c(C(=O)OCC)n(CC)c1C. The quantitative estimate of drug-likeness (QED) is 0.291. The molecule has 7 nitrogen and oxygen atoms in total. The van der Waals surface area contributed by atoms with Crippen LogP contribution in [0.15, 0.2) is 0 Å². The van der Waals surface area contributed by atoms with Gasteiger partial charge in [-0.3, -0.25) is 9.59 Å². The Balaban J connectivity index is 3.30. The molecule has 1 atom stereocenters. The fourth-order valence-corrected chi connectivity index (χ4v) is 3.77. The minimum absolute atomic E-state index is 0.0665. The second-order valence-electron chi connectivity index (χ2n) is 7.68. The molecule has 0 saturated carbocycles. The summed E-state index contributed by atoms with van der Waals surface area (Å²) in [5.74, 6) is -0.875. The zero-order chi connectivity index (χ0) is 23.0. The molecular formula is C23H38N2O5. The van der Waals surface area contributed by atoms with Gasteiger partial charge >= 0.3 is 5.97 Å². The molecule has 0 aliphatic rings. The molecule has 1 amide bonds. The predicted molar refractivity (Wildman–Crippen MR) is 117 cm³/mol. The number of ketones is 1. The number of amides is 1.